The molecule has 1 rings (SSSR count). The van der Waals surface area contributed by atoms with Gasteiger partial charge in [0, 0.05) is 11.1 Å². The van der Waals surface area contributed by atoms with Crippen molar-refractivity contribution in [1.82, 2.24) is 0 Å². The number of nitrogens with zero attached hydrogens (tertiary/aromatic N) is 1. The van der Waals surface area contributed by atoms with E-state index in [1.165, 1.54) is 0 Å². The highest BCUT2D eigenvalue weighted by atomic mass is 16.6. The molecule has 19 heavy (non-hydrogen) atoms. The Kier molecular flexibility index (Phi) is 4.75. The fourth-order valence-electron chi connectivity index (χ4n) is 2.13. The molecule has 0 radical (unpaired) electrons. The first-order valence-electron chi connectivity index (χ1n) is 6.41. The second-order valence-corrected chi connectivity index (χ2v) is 5.65. The molecule has 104 valence electrons. The average Bonchev–Trinajstić information content (AvgIpc) is 2.23. The molecular formula is C14H19NO4. The van der Waals surface area contributed by atoms with Crippen LogP contribution in [0.1, 0.15) is 40.5 Å². The van der Waals surface area contributed by atoms with Gasteiger partial charge in [-0.25, -0.2) is 0 Å². The van der Waals surface area contributed by atoms with Crippen LogP contribution in [0.25, 0.3) is 0 Å². The van der Waals surface area contributed by atoms with Gasteiger partial charge in [0.25, 0.3) is 0 Å². The van der Waals surface area contributed by atoms with Crippen molar-refractivity contribution in [3.05, 3.63) is 33.0 Å². The van der Waals surface area contributed by atoms with E-state index in [1.807, 2.05) is 27.7 Å². The Labute approximate surface area is 112 Å². The van der Waals surface area contributed by atoms with E-state index in [0.29, 0.717) is 24.0 Å². The molecule has 0 unspecified atom stereocenters. The molecule has 0 aromatic rings. The van der Waals surface area contributed by atoms with Gasteiger partial charge >= 0.3 is 11.5 Å². The molecule has 0 spiro atoms. The maximum Gasteiger partial charge on any atom is 0.323 e. The highest BCUT2D eigenvalue weighted by Crippen LogP contribution is 2.27. The van der Waals surface area contributed by atoms with Crippen molar-refractivity contribution in [1.29, 1.82) is 0 Å². The van der Waals surface area contributed by atoms with Gasteiger partial charge in [-0.1, -0.05) is 27.7 Å². The summed E-state index contributed by atoms with van der Waals surface area (Å²) in [4.78, 5) is 34.0. The molecule has 0 aromatic heterocycles. The minimum atomic E-state index is -0.973. The topological polar surface area (TPSA) is 77.3 Å². The lowest BCUT2D eigenvalue weighted by atomic mass is 9.86. The van der Waals surface area contributed by atoms with Crippen LogP contribution in [0.4, 0.5) is 0 Å². The molecule has 0 N–H and O–H groups in total. The minimum absolute atomic E-state index is 0.183. The van der Waals surface area contributed by atoms with E-state index in [4.69, 9.17) is 0 Å². The molecule has 0 aromatic carbocycles. The van der Waals surface area contributed by atoms with Crippen molar-refractivity contribution in [3.8, 4) is 0 Å². The van der Waals surface area contributed by atoms with E-state index in [0.717, 1.165) is 0 Å². The molecule has 0 amide bonds. The Morgan fingerprint density at radius 2 is 1.58 bits per heavy atom. The zero-order chi connectivity index (χ0) is 14.7. The second kappa shape index (κ2) is 5.91. The van der Waals surface area contributed by atoms with E-state index >= 15 is 0 Å². The molecule has 0 aliphatic heterocycles. The minimum Gasteiger partial charge on any atom is -0.285 e. The number of Topliss-reactive ketones (excluding diaryl/α,β-unsaturated/α-hetero) is 2. The van der Waals surface area contributed by atoms with E-state index in [1.54, 1.807) is 6.08 Å². The van der Waals surface area contributed by atoms with Crippen molar-refractivity contribution >= 4 is 11.6 Å². The summed E-state index contributed by atoms with van der Waals surface area (Å²) < 4.78 is 0. The van der Waals surface area contributed by atoms with Gasteiger partial charge in [0.1, 0.15) is 0 Å². The summed E-state index contributed by atoms with van der Waals surface area (Å²) in [7, 11) is 0. The number of allylic oxidation sites excluding steroid dienone is 4. The molecule has 5 heteroatoms. The number of hydrogen-bond donors (Lipinski definition) is 0. The van der Waals surface area contributed by atoms with Crippen molar-refractivity contribution in [2.24, 2.45) is 11.8 Å². The van der Waals surface area contributed by atoms with E-state index in [2.05, 4.69) is 0 Å². The van der Waals surface area contributed by atoms with Crippen LogP contribution in [0, 0.1) is 22.0 Å². The monoisotopic (exact) mass is 265 g/mol. The van der Waals surface area contributed by atoms with Gasteiger partial charge in [0.2, 0.25) is 5.78 Å². The predicted octanol–water partition coefficient (Wildman–Crippen LogP) is 2.69. The van der Waals surface area contributed by atoms with E-state index in [9.17, 15) is 19.7 Å². The van der Waals surface area contributed by atoms with Crippen molar-refractivity contribution in [2.75, 3.05) is 0 Å². The Morgan fingerprint density at radius 3 is 2.00 bits per heavy atom. The summed E-state index contributed by atoms with van der Waals surface area (Å²) in [5.74, 6) is -1.30. The highest BCUT2D eigenvalue weighted by Gasteiger charge is 2.37. The van der Waals surface area contributed by atoms with Gasteiger partial charge in [-0.2, -0.15) is 0 Å². The molecule has 1 aliphatic rings. The fourth-order valence-corrected chi connectivity index (χ4v) is 2.13. The van der Waals surface area contributed by atoms with Crippen molar-refractivity contribution < 1.29 is 14.5 Å². The summed E-state index contributed by atoms with van der Waals surface area (Å²) in [6.07, 6.45) is 2.44. The first kappa shape index (κ1) is 15.3. The van der Waals surface area contributed by atoms with Gasteiger partial charge < -0.3 is 0 Å². The predicted molar refractivity (Wildman–Crippen MR) is 71.0 cm³/mol. The third-order valence-electron chi connectivity index (χ3n) is 2.80. The lowest BCUT2D eigenvalue weighted by Crippen LogP contribution is -2.28. The summed E-state index contributed by atoms with van der Waals surface area (Å²) in [5.41, 5.74) is 0.215. The van der Waals surface area contributed by atoms with Crippen LogP contribution in [-0.2, 0) is 9.59 Å². The Balaban J connectivity index is 3.28. The number of rotatable bonds is 5. The van der Waals surface area contributed by atoms with E-state index in [-0.39, 0.29) is 11.8 Å². The Bertz CT molecular complexity index is 484. The number of ketones is 2. The standard InChI is InChI=1S/C14H19NO4/c1-8(2)5-10-7-11(6-9(3)4)13(16)14(17)12(10)15(18)19/h7-9H,5-6H2,1-4H3. The molecule has 5 nitrogen and oxygen atoms in total. The van der Waals surface area contributed by atoms with Gasteiger partial charge in [0.15, 0.2) is 0 Å². The van der Waals surface area contributed by atoms with Gasteiger partial charge in [-0.15, -0.1) is 0 Å². The summed E-state index contributed by atoms with van der Waals surface area (Å²) in [5, 5.41) is 11.0. The highest BCUT2D eigenvalue weighted by molar-refractivity contribution is 6.49. The molecule has 0 bridgehead atoms. The Hall–Kier alpha value is -1.78. The molecule has 0 fully saturated rings. The van der Waals surface area contributed by atoms with Gasteiger partial charge in [0.05, 0.1) is 4.92 Å². The lowest BCUT2D eigenvalue weighted by molar-refractivity contribution is -0.419. The lowest BCUT2D eigenvalue weighted by Gasteiger charge is -2.15. The summed E-state index contributed by atoms with van der Waals surface area (Å²) >= 11 is 0. The Morgan fingerprint density at radius 1 is 1.05 bits per heavy atom. The third-order valence-corrected chi connectivity index (χ3v) is 2.80. The number of carbonyl (C=O) groups excluding carboxylic acids is 2. The van der Waals surface area contributed by atoms with E-state index < -0.39 is 22.2 Å². The molecule has 1 aliphatic carbocycles. The van der Waals surface area contributed by atoms with Crippen molar-refractivity contribution in [2.45, 2.75) is 40.5 Å². The van der Waals surface area contributed by atoms with Crippen LogP contribution >= 0.6 is 0 Å². The largest absolute Gasteiger partial charge is 0.323 e. The zero-order valence-electron chi connectivity index (χ0n) is 11.7. The quantitative estimate of drug-likeness (QED) is 0.331. The van der Waals surface area contributed by atoms with Gasteiger partial charge in [-0.05, 0) is 30.8 Å². The summed E-state index contributed by atoms with van der Waals surface area (Å²) in [6, 6.07) is 0. The van der Waals surface area contributed by atoms with Crippen LogP contribution in [0.2, 0.25) is 0 Å². The second-order valence-electron chi connectivity index (χ2n) is 5.65. The van der Waals surface area contributed by atoms with Crippen LogP contribution in [-0.4, -0.2) is 16.5 Å². The number of nitro groups is 1. The summed E-state index contributed by atoms with van der Waals surface area (Å²) in [6.45, 7) is 7.71. The SMILES string of the molecule is CC(C)CC1=CC(CC(C)C)=C([N+](=O)[O-])C(=O)C1=O. The van der Waals surface area contributed by atoms with Crippen LogP contribution in [0.15, 0.2) is 22.9 Å². The maximum absolute atomic E-state index is 11.9. The number of hydrogen-bond acceptors (Lipinski definition) is 4. The average molecular weight is 265 g/mol. The normalized spacial score (nSPS) is 16.4. The molecule has 0 atom stereocenters. The van der Waals surface area contributed by atoms with Crippen LogP contribution < -0.4 is 0 Å². The van der Waals surface area contributed by atoms with Gasteiger partial charge in [-0.3, -0.25) is 19.7 Å². The van der Waals surface area contributed by atoms with Crippen molar-refractivity contribution in [3.63, 3.8) is 0 Å². The molecule has 0 saturated carbocycles. The molecule has 0 saturated heterocycles. The van der Waals surface area contributed by atoms with Crippen LogP contribution in [0.3, 0.4) is 0 Å². The zero-order valence-corrected chi connectivity index (χ0v) is 11.7. The number of carbonyl (C=O) groups is 2. The molecule has 0 heterocycles. The first-order chi connectivity index (χ1) is 8.73. The first-order valence-corrected chi connectivity index (χ1v) is 6.41. The third kappa shape index (κ3) is 3.59. The van der Waals surface area contributed by atoms with Crippen LogP contribution in [0.5, 0.6) is 0 Å². The molecular weight excluding hydrogens is 246 g/mol. The smallest absolute Gasteiger partial charge is 0.285 e. The maximum atomic E-state index is 11.9. The fraction of sp³-hybridized carbons (Fsp3) is 0.571.